The number of hydrogen-bond acceptors (Lipinski definition) is 6. The first-order valence-electron chi connectivity index (χ1n) is 9.64. The Morgan fingerprint density at radius 2 is 1.89 bits per heavy atom. The largest absolute Gasteiger partial charge is 0.339 e. The SMILES string of the molecule is Cc1ccsc1CN(C)C(=O)CN1CCN(Cc2nc3ccccc3s2)CC1. The summed E-state index contributed by atoms with van der Waals surface area (Å²) in [4.78, 5) is 25.2. The molecule has 0 bridgehead atoms. The lowest BCUT2D eigenvalue weighted by atomic mass is 10.2. The van der Waals surface area contributed by atoms with Crippen molar-refractivity contribution in [2.24, 2.45) is 0 Å². The third kappa shape index (κ3) is 4.60. The summed E-state index contributed by atoms with van der Waals surface area (Å²) in [6.07, 6.45) is 0. The lowest BCUT2D eigenvalue weighted by Gasteiger charge is -2.34. The second-order valence-electron chi connectivity index (χ2n) is 7.40. The zero-order valence-corrected chi connectivity index (χ0v) is 18.1. The van der Waals surface area contributed by atoms with E-state index >= 15 is 0 Å². The summed E-state index contributed by atoms with van der Waals surface area (Å²) in [5.41, 5.74) is 2.36. The predicted octanol–water partition coefficient (Wildman–Crippen LogP) is 3.44. The van der Waals surface area contributed by atoms with Gasteiger partial charge in [0.05, 0.1) is 29.9 Å². The molecule has 1 aromatic carbocycles. The fraction of sp³-hybridized carbons (Fsp3) is 0.429. The van der Waals surface area contributed by atoms with Crippen LogP contribution in [0.4, 0.5) is 0 Å². The molecule has 2 aromatic heterocycles. The van der Waals surface area contributed by atoms with E-state index < -0.39 is 0 Å². The van der Waals surface area contributed by atoms with Gasteiger partial charge in [-0.2, -0.15) is 0 Å². The minimum absolute atomic E-state index is 0.201. The van der Waals surface area contributed by atoms with Crippen LogP contribution in [0.2, 0.25) is 0 Å². The summed E-state index contributed by atoms with van der Waals surface area (Å²) >= 11 is 3.51. The van der Waals surface area contributed by atoms with Crippen molar-refractivity contribution in [3.63, 3.8) is 0 Å². The lowest BCUT2D eigenvalue weighted by Crippen LogP contribution is -2.49. The van der Waals surface area contributed by atoms with E-state index in [4.69, 9.17) is 4.98 Å². The molecule has 0 N–H and O–H groups in total. The highest BCUT2D eigenvalue weighted by Crippen LogP contribution is 2.23. The molecule has 1 fully saturated rings. The number of fused-ring (bicyclic) bond motifs is 1. The Morgan fingerprint density at radius 1 is 1.14 bits per heavy atom. The summed E-state index contributed by atoms with van der Waals surface area (Å²) in [7, 11) is 1.91. The van der Waals surface area contributed by atoms with Crippen LogP contribution in [0.3, 0.4) is 0 Å². The molecule has 3 heterocycles. The monoisotopic (exact) mass is 414 g/mol. The molecule has 5 nitrogen and oxygen atoms in total. The Bertz CT molecular complexity index is 910. The average Bonchev–Trinajstić information content (AvgIpc) is 3.28. The van der Waals surface area contributed by atoms with Gasteiger partial charge in [-0.15, -0.1) is 22.7 Å². The fourth-order valence-electron chi connectivity index (χ4n) is 3.47. The van der Waals surface area contributed by atoms with E-state index in [9.17, 15) is 4.79 Å². The van der Waals surface area contributed by atoms with Gasteiger partial charge in [0.2, 0.25) is 5.91 Å². The Hall–Kier alpha value is -1.80. The van der Waals surface area contributed by atoms with Gasteiger partial charge in [0.25, 0.3) is 0 Å². The van der Waals surface area contributed by atoms with Gasteiger partial charge in [-0.1, -0.05) is 12.1 Å². The molecule has 28 heavy (non-hydrogen) atoms. The molecule has 0 spiro atoms. The molecule has 0 saturated carbocycles. The number of aryl methyl sites for hydroxylation is 1. The van der Waals surface area contributed by atoms with Crippen LogP contribution in [-0.2, 0) is 17.9 Å². The van der Waals surface area contributed by atoms with Gasteiger partial charge in [0, 0.05) is 38.1 Å². The maximum atomic E-state index is 12.6. The van der Waals surface area contributed by atoms with Crippen LogP contribution in [0.15, 0.2) is 35.7 Å². The Kier molecular flexibility index (Phi) is 6.06. The molecule has 0 aliphatic carbocycles. The number of hydrogen-bond donors (Lipinski definition) is 0. The number of carbonyl (C=O) groups excluding carboxylic acids is 1. The molecule has 0 radical (unpaired) electrons. The number of aromatic nitrogens is 1. The maximum absolute atomic E-state index is 12.6. The molecule has 1 amide bonds. The number of benzene rings is 1. The fourth-order valence-corrected chi connectivity index (χ4v) is 5.43. The second kappa shape index (κ2) is 8.69. The smallest absolute Gasteiger partial charge is 0.236 e. The van der Waals surface area contributed by atoms with Crippen LogP contribution in [0, 0.1) is 6.92 Å². The average molecular weight is 415 g/mol. The highest BCUT2D eigenvalue weighted by atomic mass is 32.1. The molecule has 148 valence electrons. The summed E-state index contributed by atoms with van der Waals surface area (Å²) in [6.45, 7) is 8.06. The molecule has 7 heteroatoms. The Balaban J connectivity index is 1.24. The molecule has 0 atom stereocenters. The minimum atomic E-state index is 0.201. The van der Waals surface area contributed by atoms with Crippen molar-refractivity contribution >= 4 is 38.8 Å². The van der Waals surface area contributed by atoms with Crippen LogP contribution in [0.25, 0.3) is 10.2 Å². The standard InChI is InChI=1S/C21H26N4OS2/c1-16-7-12-27-19(16)13-23(2)21(26)15-25-10-8-24(9-11-25)14-20-22-17-5-3-4-6-18(17)28-20/h3-7,12H,8-11,13-15H2,1-2H3. The number of thiophene rings is 1. The first-order valence-corrected chi connectivity index (χ1v) is 11.3. The van der Waals surface area contributed by atoms with E-state index in [0.717, 1.165) is 38.2 Å². The molecular formula is C21H26N4OS2. The number of thiazole rings is 1. The van der Waals surface area contributed by atoms with Gasteiger partial charge < -0.3 is 4.90 Å². The van der Waals surface area contributed by atoms with Crippen LogP contribution in [-0.4, -0.2) is 65.4 Å². The number of rotatable bonds is 6. The Morgan fingerprint density at radius 3 is 2.61 bits per heavy atom. The van der Waals surface area contributed by atoms with Gasteiger partial charge in [0.1, 0.15) is 5.01 Å². The number of carbonyl (C=O) groups is 1. The number of para-hydroxylation sites is 1. The third-order valence-electron chi connectivity index (χ3n) is 5.30. The van der Waals surface area contributed by atoms with Crippen molar-refractivity contribution in [3.8, 4) is 0 Å². The van der Waals surface area contributed by atoms with E-state index in [2.05, 4.69) is 46.4 Å². The van der Waals surface area contributed by atoms with E-state index in [1.54, 1.807) is 22.7 Å². The normalized spacial score (nSPS) is 15.9. The first kappa shape index (κ1) is 19.5. The number of amides is 1. The zero-order chi connectivity index (χ0) is 19.5. The summed E-state index contributed by atoms with van der Waals surface area (Å²) in [5, 5.41) is 3.27. The van der Waals surface area contributed by atoms with Crippen molar-refractivity contribution in [1.29, 1.82) is 0 Å². The van der Waals surface area contributed by atoms with Gasteiger partial charge in [0.15, 0.2) is 0 Å². The first-order chi connectivity index (χ1) is 13.6. The van der Waals surface area contributed by atoms with Crippen LogP contribution in [0.5, 0.6) is 0 Å². The van der Waals surface area contributed by atoms with Crippen molar-refractivity contribution in [2.45, 2.75) is 20.0 Å². The molecule has 1 aliphatic heterocycles. The second-order valence-corrected chi connectivity index (χ2v) is 9.52. The van der Waals surface area contributed by atoms with Crippen molar-refractivity contribution in [3.05, 3.63) is 51.2 Å². The lowest BCUT2D eigenvalue weighted by molar-refractivity contribution is -0.132. The molecular weight excluding hydrogens is 388 g/mol. The molecule has 1 saturated heterocycles. The quantitative estimate of drug-likeness (QED) is 0.619. The highest BCUT2D eigenvalue weighted by molar-refractivity contribution is 7.18. The minimum Gasteiger partial charge on any atom is -0.339 e. The van der Waals surface area contributed by atoms with Crippen molar-refractivity contribution < 1.29 is 4.79 Å². The van der Waals surface area contributed by atoms with Crippen LogP contribution in [0.1, 0.15) is 15.4 Å². The van der Waals surface area contributed by atoms with Gasteiger partial charge in [-0.3, -0.25) is 14.6 Å². The molecule has 1 aliphatic rings. The van der Waals surface area contributed by atoms with Crippen molar-refractivity contribution in [1.82, 2.24) is 19.7 Å². The Labute approximate surface area is 174 Å². The van der Waals surface area contributed by atoms with Crippen molar-refractivity contribution in [2.75, 3.05) is 39.8 Å². The van der Waals surface area contributed by atoms with Gasteiger partial charge in [-0.25, -0.2) is 4.98 Å². The number of nitrogens with zero attached hydrogens (tertiary/aromatic N) is 4. The molecule has 4 rings (SSSR count). The summed E-state index contributed by atoms with van der Waals surface area (Å²) in [5.74, 6) is 0.201. The number of likely N-dealkylation sites (N-methyl/N-ethyl adjacent to an activating group) is 1. The zero-order valence-electron chi connectivity index (χ0n) is 16.4. The van der Waals surface area contributed by atoms with E-state index in [0.29, 0.717) is 13.1 Å². The van der Waals surface area contributed by atoms with Gasteiger partial charge >= 0.3 is 0 Å². The maximum Gasteiger partial charge on any atom is 0.236 e. The van der Waals surface area contributed by atoms with E-state index in [-0.39, 0.29) is 5.91 Å². The highest BCUT2D eigenvalue weighted by Gasteiger charge is 2.21. The van der Waals surface area contributed by atoms with Gasteiger partial charge in [-0.05, 0) is 36.1 Å². The van der Waals surface area contributed by atoms with E-state index in [1.165, 1.54) is 20.1 Å². The van der Waals surface area contributed by atoms with E-state index in [1.807, 2.05) is 18.0 Å². The summed E-state index contributed by atoms with van der Waals surface area (Å²) < 4.78 is 1.26. The van der Waals surface area contributed by atoms with Crippen LogP contribution >= 0.6 is 22.7 Å². The number of piperazine rings is 1. The summed E-state index contributed by atoms with van der Waals surface area (Å²) in [6, 6.07) is 10.4. The predicted molar refractivity (Wildman–Crippen MR) is 117 cm³/mol. The molecule has 3 aromatic rings. The third-order valence-corrected chi connectivity index (χ3v) is 7.32. The van der Waals surface area contributed by atoms with Crippen LogP contribution < -0.4 is 0 Å². The topological polar surface area (TPSA) is 39.7 Å². The molecule has 0 unspecified atom stereocenters.